The van der Waals surface area contributed by atoms with E-state index in [9.17, 15) is 28.1 Å². The second-order valence-electron chi connectivity index (χ2n) is 5.85. The Bertz CT molecular complexity index is 1040. The number of hydrogen-bond donors (Lipinski definition) is 1. The van der Waals surface area contributed by atoms with Crippen molar-refractivity contribution in [2.45, 2.75) is 13.1 Å². The molecule has 28 heavy (non-hydrogen) atoms. The van der Waals surface area contributed by atoms with Crippen LogP contribution in [0.1, 0.15) is 21.6 Å². The summed E-state index contributed by atoms with van der Waals surface area (Å²) in [4.78, 5) is 22.7. The highest BCUT2D eigenvalue weighted by Gasteiger charge is 2.35. The first-order valence-electron chi connectivity index (χ1n) is 7.96. The number of nitrogens with one attached hydrogen (secondary N) is 1. The third-order valence-electron chi connectivity index (χ3n) is 3.86. The third kappa shape index (κ3) is 3.85. The molecule has 0 unspecified atom stereocenters. The highest BCUT2D eigenvalue weighted by molar-refractivity contribution is 6.05. The van der Waals surface area contributed by atoms with Gasteiger partial charge in [0.2, 0.25) is 0 Å². The predicted octanol–water partition coefficient (Wildman–Crippen LogP) is 4.36. The highest BCUT2D eigenvalue weighted by Crippen LogP contribution is 2.32. The summed E-state index contributed by atoms with van der Waals surface area (Å²) in [6.45, 7) is 1.64. The lowest BCUT2D eigenvalue weighted by molar-refractivity contribution is -0.384. The quantitative estimate of drug-likeness (QED) is 0.529. The maximum atomic E-state index is 13.1. The number of nitrogens with zero attached hydrogens (tertiary/aromatic N) is 3. The summed E-state index contributed by atoms with van der Waals surface area (Å²) in [7, 11) is 0. The number of rotatable bonds is 4. The van der Waals surface area contributed by atoms with Crippen LogP contribution < -0.4 is 5.32 Å². The first-order chi connectivity index (χ1) is 13.2. The van der Waals surface area contributed by atoms with E-state index in [-0.39, 0.29) is 11.5 Å². The van der Waals surface area contributed by atoms with Crippen molar-refractivity contribution in [1.82, 2.24) is 9.78 Å². The molecule has 0 spiro atoms. The van der Waals surface area contributed by atoms with Crippen LogP contribution in [-0.4, -0.2) is 20.6 Å². The lowest BCUT2D eigenvalue weighted by Gasteiger charge is -2.13. The number of carbonyl (C=O) groups is 1. The standard InChI is InChI=1S/C18H13F3N4O3/c1-11-10-16(24(23-11)12-6-8-13(9-7-12)25(27)28)22-17(26)14-4-2-3-5-15(14)18(19,20)21/h2-10H,1H3,(H,22,26). The number of hydrogen-bond acceptors (Lipinski definition) is 4. The zero-order valence-electron chi connectivity index (χ0n) is 14.4. The van der Waals surface area contributed by atoms with E-state index in [0.29, 0.717) is 11.4 Å². The van der Waals surface area contributed by atoms with Gasteiger partial charge in [0.05, 0.1) is 27.4 Å². The summed E-state index contributed by atoms with van der Waals surface area (Å²) in [5.41, 5.74) is -0.803. The van der Waals surface area contributed by atoms with Gasteiger partial charge in [-0.05, 0) is 31.2 Å². The molecule has 144 valence electrons. The molecule has 0 saturated heterocycles. The highest BCUT2D eigenvalue weighted by atomic mass is 19.4. The fraction of sp³-hybridized carbons (Fsp3) is 0.111. The van der Waals surface area contributed by atoms with E-state index in [0.717, 1.165) is 12.1 Å². The van der Waals surface area contributed by atoms with Gasteiger partial charge < -0.3 is 5.32 Å². The summed E-state index contributed by atoms with van der Waals surface area (Å²) in [5.74, 6) is -0.815. The first kappa shape index (κ1) is 19.1. The number of halogens is 3. The Balaban J connectivity index is 1.95. The molecule has 1 amide bonds. The molecule has 2 aromatic carbocycles. The van der Waals surface area contributed by atoms with Crippen LogP contribution in [0.5, 0.6) is 0 Å². The zero-order chi connectivity index (χ0) is 20.5. The second kappa shape index (κ2) is 7.14. The minimum absolute atomic E-state index is 0.127. The molecule has 0 aliphatic heterocycles. The van der Waals surface area contributed by atoms with Gasteiger partial charge in [-0.2, -0.15) is 18.3 Å². The van der Waals surface area contributed by atoms with E-state index >= 15 is 0 Å². The monoisotopic (exact) mass is 390 g/mol. The molecule has 3 rings (SSSR count). The van der Waals surface area contributed by atoms with Gasteiger partial charge >= 0.3 is 6.18 Å². The lowest BCUT2D eigenvalue weighted by Crippen LogP contribution is -2.20. The minimum Gasteiger partial charge on any atom is -0.306 e. The average molecular weight is 390 g/mol. The van der Waals surface area contributed by atoms with Crippen LogP contribution in [0.4, 0.5) is 24.7 Å². The molecule has 0 aliphatic rings. The van der Waals surface area contributed by atoms with Crippen molar-refractivity contribution in [1.29, 1.82) is 0 Å². The van der Waals surface area contributed by atoms with Crippen LogP contribution >= 0.6 is 0 Å². The maximum Gasteiger partial charge on any atom is 0.417 e. The summed E-state index contributed by atoms with van der Waals surface area (Å²) >= 11 is 0. The van der Waals surface area contributed by atoms with E-state index < -0.39 is 28.1 Å². The summed E-state index contributed by atoms with van der Waals surface area (Å²) in [6.07, 6.45) is -4.68. The van der Waals surface area contributed by atoms with Crippen molar-refractivity contribution in [3.8, 4) is 5.69 Å². The van der Waals surface area contributed by atoms with E-state index in [1.807, 2.05) is 0 Å². The number of carbonyl (C=O) groups excluding carboxylic acids is 1. The van der Waals surface area contributed by atoms with Crippen molar-refractivity contribution in [2.24, 2.45) is 0 Å². The van der Waals surface area contributed by atoms with Crippen LogP contribution in [0.2, 0.25) is 0 Å². The number of alkyl halides is 3. The number of benzene rings is 2. The van der Waals surface area contributed by atoms with Crippen molar-refractivity contribution >= 4 is 17.4 Å². The van der Waals surface area contributed by atoms with Crippen LogP contribution in [0.25, 0.3) is 5.69 Å². The van der Waals surface area contributed by atoms with Gasteiger partial charge in [0.25, 0.3) is 11.6 Å². The topological polar surface area (TPSA) is 90.1 Å². The van der Waals surface area contributed by atoms with Crippen molar-refractivity contribution in [3.05, 3.63) is 81.5 Å². The number of nitro groups is 1. The van der Waals surface area contributed by atoms with Gasteiger partial charge in [-0.25, -0.2) is 4.68 Å². The fourth-order valence-corrected chi connectivity index (χ4v) is 2.61. The SMILES string of the molecule is Cc1cc(NC(=O)c2ccccc2C(F)(F)F)n(-c2ccc([N+](=O)[O-])cc2)n1. The number of anilines is 1. The number of nitro benzene ring substituents is 1. The molecule has 10 heteroatoms. The Labute approximate surface area is 156 Å². The van der Waals surface area contributed by atoms with Crippen LogP contribution in [-0.2, 0) is 6.18 Å². The molecule has 0 bridgehead atoms. The Kier molecular flexibility index (Phi) is 4.87. The molecule has 0 aliphatic carbocycles. The molecule has 0 saturated carbocycles. The molecule has 1 heterocycles. The fourth-order valence-electron chi connectivity index (χ4n) is 2.61. The Hall–Kier alpha value is -3.69. The van der Waals surface area contributed by atoms with Crippen molar-refractivity contribution < 1.29 is 22.9 Å². The number of non-ortho nitro benzene ring substituents is 1. The van der Waals surface area contributed by atoms with E-state index in [1.54, 1.807) is 6.92 Å². The normalized spacial score (nSPS) is 11.3. The lowest BCUT2D eigenvalue weighted by atomic mass is 10.1. The van der Waals surface area contributed by atoms with Gasteiger partial charge in [0, 0.05) is 18.2 Å². The molecule has 3 aromatic rings. The predicted molar refractivity (Wildman–Crippen MR) is 94.4 cm³/mol. The van der Waals surface area contributed by atoms with Crippen LogP contribution in [0, 0.1) is 17.0 Å². The van der Waals surface area contributed by atoms with E-state index in [4.69, 9.17) is 0 Å². The van der Waals surface area contributed by atoms with E-state index in [2.05, 4.69) is 10.4 Å². The number of aromatic nitrogens is 2. The van der Waals surface area contributed by atoms with Crippen LogP contribution in [0.15, 0.2) is 54.6 Å². The van der Waals surface area contributed by atoms with Gasteiger partial charge in [-0.1, -0.05) is 12.1 Å². The van der Waals surface area contributed by atoms with Gasteiger partial charge in [-0.15, -0.1) is 0 Å². The number of amides is 1. The Morgan fingerprint density at radius 2 is 1.79 bits per heavy atom. The molecular formula is C18H13F3N4O3. The van der Waals surface area contributed by atoms with Crippen molar-refractivity contribution in [2.75, 3.05) is 5.32 Å². The Morgan fingerprint density at radius 1 is 1.14 bits per heavy atom. The molecule has 1 aromatic heterocycles. The van der Waals surface area contributed by atoms with Gasteiger partial charge in [0.15, 0.2) is 0 Å². The Morgan fingerprint density at radius 3 is 2.39 bits per heavy atom. The first-order valence-corrected chi connectivity index (χ1v) is 7.96. The minimum atomic E-state index is -4.68. The largest absolute Gasteiger partial charge is 0.417 e. The molecule has 0 fully saturated rings. The molecule has 7 nitrogen and oxygen atoms in total. The van der Waals surface area contributed by atoms with Crippen LogP contribution in [0.3, 0.4) is 0 Å². The molecule has 0 atom stereocenters. The molecule has 0 radical (unpaired) electrons. The number of aryl methyl sites for hydroxylation is 1. The van der Waals surface area contributed by atoms with E-state index in [1.165, 1.54) is 47.1 Å². The third-order valence-corrected chi connectivity index (χ3v) is 3.86. The maximum absolute atomic E-state index is 13.1. The summed E-state index contributed by atoms with van der Waals surface area (Å²) in [6, 6.07) is 11.3. The second-order valence-corrected chi connectivity index (χ2v) is 5.85. The molecule has 1 N–H and O–H groups in total. The van der Waals surface area contributed by atoms with Gasteiger partial charge in [-0.3, -0.25) is 14.9 Å². The smallest absolute Gasteiger partial charge is 0.306 e. The van der Waals surface area contributed by atoms with Gasteiger partial charge in [0.1, 0.15) is 5.82 Å². The zero-order valence-corrected chi connectivity index (χ0v) is 14.4. The summed E-state index contributed by atoms with van der Waals surface area (Å²) < 4.78 is 40.7. The summed E-state index contributed by atoms with van der Waals surface area (Å²) in [5, 5.41) is 17.4. The van der Waals surface area contributed by atoms with Crippen molar-refractivity contribution in [3.63, 3.8) is 0 Å². The molecular weight excluding hydrogens is 377 g/mol. The average Bonchev–Trinajstić information content (AvgIpc) is 3.01.